The van der Waals surface area contributed by atoms with Gasteiger partial charge in [0.05, 0.1) is 6.07 Å². The van der Waals surface area contributed by atoms with E-state index in [0.29, 0.717) is 5.92 Å². The van der Waals surface area contributed by atoms with Crippen molar-refractivity contribution in [2.75, 3.05) is 37.6 Å². The van der Waals surface area contributed by atoms with E-state index in [2.05, 4.69) is 28.9 Å². The number of hydrogen-bond donors (Lipinski definition) is 1. The number of nitrogens with two attached hydrogens (primary N) is 1. The van der Waals surface area contributed by atoms with Gasteiger partial charge in [-0.1, -0.05) is 30.5 Å². The van der Waals surface area contributed by atoms with Crippen LogP contribution in [0.3, 0.4) is 0 Å². The van der Waals surface area contributed by atoms with Gasteiger partial charge in [-0.15, -0.1) is 0 Å². The first-order valence-corrected chi connectivity index (χ1v) is 10.8. The number of carbonyl (C=O) groups excluding carboxylic acids is 1. The zero-order valence-electron chi connectivity index (χ0n) is 16.7. The Labute approximate surface area is 173 Å². The number of anilines is 1. The highest BCUT2D eigenvalue weighted by Crippen LogP contribution is 2.35. The third kappa shape index (κ3) is 4.98. The van der Waals surface area contributed by atoms with Crippen LogP contribution >= 0.6 is 11.6 Å². The SMILES string of the molecule is Cc1c(Cl)cccc1N1CCN(CCC2CCC(C(C#N)C(N)=O)CC2)CC1. The van der Waals surface area contributed by atoms with Crippen molar-refractivity contribution in [3.05, 3.63) is 28.8 Å². The number of halogens is 1. The molecule has 3 rings (SSSR count). The minimum Gasteiger partial charge on any atom is -0.369 e. The Kier molecular flexibility index (Phi) is 7.20. The Morgan fingerprint density at radius 3 is 2.54 bits per heavy atom. The second-order valence-corrected chi connectivity index (χ2v) is 8.70. The number of nitriles is 1. The zero-order valence-corrected chi connectivity index (χ0v) is 17.5. The van der Waals surface area contributed by atoms with Crippen LogP contribution in [0, 0.1) is 36.0 Å². The van der Waals surface area contributed by atoms with Crippen LogP contribution in [0.2, 0.25) is 5.02 Å². The van der Waals surface area contributed by atoms with E-state index in [0.717, 1.165) is 63.4 Å². The van der Waals surface area contributed by atoms with Gasteiger partial charge in [0.15, 0.2) is 0 Å². The summed E-state index contributed by atoms with van der Waals surface area (Å²) in [6.45, 7) is 7.47. The lowest BCUT2D eigenvalue weighted by atomic mass is 9.75. The van der Waals surface area contributed by atoms with E-state index in [-0.39, 0.29) is 5.92 Å². The van der Waals surface area contributed by atoms with Gasteiger partial charge in [0.1, 0.15) is 5.92 Å². The van der Waals surface area contributed by atoms with Crippen molar-refractivity contribution in [3.63, 3.8) is 0 Å². The number of amides is 1. The van der Waals surface area contributed by atoms with Gasteiger partial charge in [0.2, 0.25) is 5.91 Å². The third-order valence-corrected chi connectivity index (χ3v) is 7.02. The number of piperazine rings is 1. The lowest BCUT2D eigenvalue weighted by molar-refractivity contribution is -0.122. The Bertz CT molecular complexity index is 716. The molecule has 2 aliphatic rings. The van der Waals surface area contributed by atoms with Crippen LogP contribution in [0.4, 0.5) is 5.69 Å². The number of nitrogens with zero attached hydrogens (tertiary/aromatic N) is 3. The molecule has 1 amide bonds. The maximum atomic E-state index is 11.4. The molecule has 5 nitrogen and oxygen atoms in total. The molecule has 2 N–H and O–H groups in total. The van der Waals surface area contributed by atoms with Gasteiger partial charge in [-0.05, 0) is 62.3 Å². The second-order valence-electron chi connectivity index (χ2n) is 8.29. The number of carbonyl (C=O) groups is 1. The summed E-state index contributed by atoms with van der Waals surface area (Å²) in [6.07, 6.45) is 5.33. The van der Waals surface area contributed by atoms with E-state index in [1.54, 1.807) is 0 Å². The Morgan fingerprint density at radius 1 is 1.25 bits per heavy atom. The summed E-state index contributed by atoms with van der Waals surface area (Å²) in [5.41, 5.74) is 7.78. The summed E-state index contributed by atoms with van der Waals surface area (Å²) < 4.78 is 0. The van der Waals surface area contributed by atoms with Gasteiger partial charge < -0.3 is 10.6 Å². The molecule has 6 heteroatoms. The van der Waals surface area contributed by atoms with Crippen molar-refractivity contribution < 1.29 is 4.79 Å². The van der Waals surface area contributed by atoms with E-state index in [1.165, 1.54) is 17.7 Å². The van der Waals surface area contributed by atoms with Crippen LogP contribution in [-0.4, -0.2) is 43.5 Å². The van der Waals surface area contributed by atoms with Crippen molar-refractivity contribution in [1.82, 2.24) is 4.90 Å². The van der Waals surface area contributed by atoms with Crippen molar-refractivity contribution in [2.24, 2.45) is 23.5 Å². The van der Waals surface area contributed by atoms with Gasteiger partial charge >= 0.3 is 0 Å². The van der Waals surface area contributed by atoms with E-state index in [4.69, 9.17) is 22.6 Å². The summed E-state index contributed by atoms with van der Waals surface area (Å²) in [4.78, 5) is 16.4. The number of primary amides is 1. The molecular weight excluding hydrogens is 372 g/mol. The first-order chi connectivity index (χ1) is 13.5. The van der Waals surface area contributed by atoms with Crippen LogP contribution in [-0.2, 0) is 4.79 Å². The molecule has 1 unspecified atom stereocenters. The molecule has 0 radical (unpaired) electrons. The van der Waals surface area contributed by atoms with Crippen molar-refractivity contribution in [2.45, 2.75) is 39.0 Å². The number of hydrogen-bond acceptors (Lipinski definition) is 4. The standard InChI is InChI=1S/C22H31ClN4O/c1-16-20(23)3-2-4-21(16)27-13-11-26(12-14-27)10-9-17-5-7-18(8-6-17)19(15-24)22(25)28/h2-4,17-19H,5-14H2,1H3,(H2,25,28). The molecule has 1 heterocycles. The fraction of sp³-hybridized carbons (Fsp3) is 0.636. The van der Waals surface area contributed by atoms with Crippen LogP contribution in [0.25, 0.3) is 0 Å². The maximum absolute atomic E-state index is 11.4. The fourth-order valence-electron chi connectivity index (χ4n) is 4.73. The molecule has 28 heavy (non-hydrogen) atoms. The molecule has 1 saturated heterocycles. The largest absolute Gasteiger partial charge is 0.369 e. The monoisotopic (exact) mass is 402 g/mol. The second kappa shape index (κ2) is 9.62. The molecule has 152 valence electrons. The Hall–Kier alpha value is -1.77. The molecular formula is C22H31ClN4O. The van der Waals surface area contributed by atoms with Gasteiger partial charge in [-0.2, -0.15) is 5.26 Å². The maximum Gasteiger partial charge on any atom is 0.235 e. The fourth-order valence-corrected chi connectivity index (χ4v) is 4.90. The highest BCUT2D eigenvalue weighted by Gasteiger charge is 2.31. The molecule has 1 saturated carbocycles. The summed E-state index contributed by atoms with van der Waals surface area (Å²) in [7, 11) is 0. The lowest BCUT2D eigenvalue weighted by Crippen LogP contribution is -2.47. The average Bonchev–Trinajstić information content (AvgIpc) is 2.70. The molecule has 1 aromatic carbocycles. The topological polar surface area (TPSA) is 73.4 Å². The highest BCUT2D eigenvalue weighted by atomic mass is 35.5. The molecule has 0 spiro atoms. The van der Waals surface area contributed by atoms with Crippen molar-refractivity contribution >= 4 is 23.2 Å². The lowest BCUT2D eigenvalue weighted by Gasteiger charge is -2.38. The number of rotatable bonds is 6. The first kappa shape index (κ1) is 21.0. The first-order valence-electron chi connectivity index (χ1n) is 10.4. The Balaban J connectivity index is 1.40. The van der Waals surface area contributed by atoms with Crippen molar-refractivity contribution in [3.8, 4) is 6.07 Å². The van der Waals surface area contributed by atoms with E-state index >= 15 is 0 Å². The molecule has 1 aromatic rings. The summed E-state index contributed by atoms with van der Waals surface area (Å²) in [5, 5.41) is 9.99. The van der Waals surface area contributed by atoms with Gasteiger partial charge in [-0.3, -0.25) is 9.69 Å². The minimum atomic E-state index is -0.607. The molecule has 0 bridgehead atoms. The summed E-state index contributed by atoms with van der Waals surface area (Å²) >= 11 is 6.27. The predicted octanol–water partition coefficient (Wildman–Crippen LogP) is 3.59. The Morgan fingerprint density at radius 2 is 1.93 bits per heavy atom. The smallest absolute Gasteiger partial charge is 0.235 e. The molecule has 0 aromatic heterocycles. The predicted molar refractivity (Wildman–Crippen MR) is 113 cm³/mol. The van der Waals surface area contributed by atoms with Crippen molar-refractivity contribution in [1.29, 1.82) is 5.26 Å². The molecule has 2 fully saturated rings. The highest BCUT2D eigenvalue weighted by molar-refractivity contribution is 6.31. The number of benzene rings is 1. The van der Waals surface area contributed by atoms with Gasteiger partial charge in [-0.25, -0.2) is 0 Å². The molecule has 1 aliphatic heterocycles. The van der Waals surface area contributed by atoms with Crippen LogP contribution < -0.4 is 10.6 Å². The third-order valence-electron chi connectivity index (χ3n) is 6.61. The van der Waals surface area contributed by atoms with Crippen LogP contribution in [0.15, 0.2) is 18.2 Å². The zero-order chi connectivity index (χ0) is 20.1. The van der Waals surface area contributed by atoms with E-state index in [9.17, 15) is 4.79 Å². The normalized spacial score (nSPS) is 24.5. The molecule has 1 atom stereocenters. The van der Waals surface area contributed by atoms with Crippen LogP contribution in [0.5, 0.6) is 0 Å². The van der Waals surface area contributed by atoms with Gasteiger partial charge in [0, 0.05) is 36.9 Å². The molecule has 1 aliphatic carbocycles. The minimum absolute atomic E-state index is 0.156. The van der Waals surface area contributed by atoms with E-state index in [1.807, 2.05) is 12.1 Å². The average molecular weight is 403 g/mol. The van der Waals surface area contributed by atoms with Gasteiger partial charge in [0.25, 0.3) is 0 Å². The quantitative estimate of drug-likeness (QED) is 0.789. The van der Waals surface area contributed by atoms with Crippen LogP contribution in [0.1, 0.15) is 37.7 Å². The summed E-state index contributed by atoms with van der Waals surface area (Å²) in [5.74, 6) is -0.206. The van der Waals surface area contributed by atoms with E-state index < -0.39 is 11.8 Å². The summed E-state index contributed by atoms with van der Waals surface area (Å²) in [6, 6.07) is 8.24.